The summed E-state index contributed by atoms with van der Waals surface area (Å²) in [6.07, 6.45) is 4.20. The molecule has 1 atom stereocenters. The van der Waals surface area contributed by atoms with E-state index in [2.05, 4.69) is 37.3 Å². The van der Waals surface area contributed by atoms with Gasteiger partial charge < -0.3 is 15.3 Å². The van der Waals surface area contributed by atoms with Gasteiger partial charge in [-0.25, -0.2) is 0 Å². The molecule has 4 heteroatoms. The van der Waals surface area contributed by atoms with Crippen LogP contribution in [0.1, 0.15) is 52.5 Å². The third kappa shape index (κ3) is 5.79. The second-order valence-corrected chi connectivity index (χ2v) is 9.10. The molecule has 0 aliphatic carbocycles. The molecule has 0 bridgehead atoms. The van der Waals surface area contributed by atoms with Crippen LogP contribution < -0.4 is 0 Å². The molecule has 3 rings (SSSR count). The third-order valence-corrected chi connectivity index (χ3v) is 6.91. The minimum atomic E-state index is -0.210. The number of rotatable bonds is 10. The second kappa shape index (κ2) is 10.9. The van der Waals surface area contributed by atoms with Crippen molar-refractivity contribution in [3.8, 4) is 10.4 Å². The van der Waals surface area contributed by atoms with Crippen LogP contribution in [0.25, 0.3) is 10.4 Å². The highest BCUT2D eigenvalue weighted by atomic mass is 32.1. The molecule has 0 amide bonds. The van der Waals surface area contributed by atoms with E-state index in [1.54, 1.807) is 0 Å². The monoisotopic (exact) mass is 424 g/mol. The van der Waals surface area contributed by atoms with Gasteiger partial charge in [0.15, 0.2) is 0 Å². The molecule has 0 saturated heterocycles. The Kier molecular flexibility index (Phi) is 8.23. The molecule has 3 nitrogen and oxygen atoms in total. The smallest absolute Gasteiger partial charge is 0.0685 e. The zero-order valence-electron chi connectivity index (χ0n) is 17.9. The Labute approximate surface area is 183 Å². The van der Waals surface area contributed by atoms with E-state index in [9.17, 15) is 15.3 Å². The Balaban J connectivity index is 1.65. The summed E-state index contributed by atoms with van der Waals surface area (Å²) >= 11 is 1.84. The number of benzene rings is 2. The summed E-state index contributed by atoms with van der Waals surface area (Å²) in [7, 11) is 0. The average molecular weight is 425 g/mol. The highest BCUT2D eigenvalue weighted by molar-refractivity contribution is 7.15. The van der Waals surface area contributed by atoms with E-state index in [1.165, 1.54) is 32.0 Å². The van der Waals surface area contributed by atoms with Crippen molar-refractivity contribution in [2.45, 2.75) is 65.3 Å². The molecule has 1 unspecified atom stereocenters. The van der Waals surface area contributed by atoms with Crippen LogP contribution in [0.2, 0.25) is 0 Å². The Hall–Kier alpha value is -1.98. The predicted molar refractivity (Wildman–Crippen MR) is 125 cm³/mol. The highest BCUT2D eigenvalue weighted by Crippen LogP contribution is 2.32. The summed E-state index contributed by atoms with van der Waals surface area (Å²) in [6.45, 7) is 4.10. The molecule has 0 aliphatic rings. The molecule has 160 valence electrons. The number of thiophene rings is 1. The summed E-state index contributed by atoms with van der Waals surface area (Å²) < 4.78 is 0. The van der Waals surface area contributed by atoms with Crippen LogP contribution >= 0.6 is 11.3 Å². The first-order chi connectivity index (χ1) is 14.5. The van der Waals surface area contributed by atoms with Crippen molar-refractivity contribution in [3.05, 3.63) is 81.2 Å². The van der Waals surface area contributed by atoms with Crippen molar-refractivity contribution in [3.63, 3.8) is 0 Å². The minimum Gasteiger partial charge on any atom is -0.393 e. The Bertz CT molecular complexity index is 961. The molecular weight excluding hydrogens is 392 g/mol. The quantitative estimate of drug-likeness (QED) is 0.419. The maximum absolute atomic E-state index is 9.79. The van der Waals surface area contributed by atoms with Crippen LogP contribution in [0.5, 0.6) is 0 Å². The van der Waals surface area contributed by atoms with Gasteiger partial charge in [0, 0.05) is 9.75 Å². The van der Waals surface area contributed by atoms with Gasteiger partial charge in [-0.15, -0.1) is 11.3 Å². The largest absolute Gasteiger partial charge is 0.393 e. The van der Waals surface area contributed by atoms with Crippen LogP contribution in [0.15, 0.2) is 48.5 Å². The van der Waals surface area contributed by atoms with E-state index >= 15 is 0 Å². The van der Waals surface area contributed by atoms with Gasteiger partial charge in [-0.2, -0.15) is 0 Å². The summed E-state index contributed by atoms with van der Waals surface area (Å²) in [5, 5.41) is 28.6. The summed E-state index contributed by atoms with van der Waals surface area (Å²) in [6, 6.07) is 17.0. The third-order valence-electron chi connectivity index (χ3n) is 5.73. The van der Waals surface area contributed by atoms with Gasteiger partial charge in [0.1, 0.15) is 0 Å². The summed E-state index contributed by atoms with van der Waals surface area (Å²) in [4.78, 5) is 2.63. The first kappa shape index (κ1) is 22.7. The van der Waals surface area contributed by atoms with Gasteiger partial charge in [-0.05, 0) is 84.5 Å². The molecule has 0 fully saturated rings. The number of hydrogen-bond acceptors (Lipinski definition) is 4. The molecule has 1 aromatic heterocycles. The molecule has 3 N–H and O–H groups in total. The lowest BCUT2D eigenvalue weighted by molar-refractivity contribution is 0.160. The Morgan fingerprint density at radius 1 is 0.833 bits per heavy atom. The number of aliphatic hydroxyl groups is 3. The molecule has 0 saturated carbocycles. The predicted octanol–water partition coefficient (Wildman–Crippen LogP) is 5.20. The molecule has 0 spiro atoms. The normalized spacial score (nSPS) is 12.3. The Morgan fingerprint density at radius 3 is 2.27 bits per heavy atom. The van der Waals surface area contributed by atoms with Crippen molar-refractivity contribution in [2.24, 2.45) is 0 Å². The lowest BCUT2D eigenvalue weighted by Crippen LogP contribution is -2.05. The lowest BCUT2D eigenvalue weighted by Gasteiger charge is -2.10. The second-order valence-electron chi connectivity index (χ2n) is 7.94. The first-order valence-corrected chi connectivity index (χ1v) is 11.5. The van der Waals surface area contributed by atoms with Gasteiger partial charge in [-0.3, -0.25) is 0 Å². The fraction of sp³-hybridized carbons (Fsp3) is 0.385. The van der Waals surface area contributed by atoms with E-state index in [-0.39, 0.29) is 19.3 Å². The van der Waals surface area contributed by atoms with Gasteiger partial charge in [0.05, 0.1) is 19.3 Å². The molecule has 0 radical (unpaired) electrons. The zero-order valence-corrected chi connectivity index (χ0v) is 18.7. The fourth-order valence-corrected chi connectivity index (χ4v) is 4.85. The maximum atomic E-state index is 9.79. The summed E-state index contributed by atoms with van der Waals surface area (Å²) in [5.41, 5.74) is 6.62. The van der Waals surface area contributed by atoms with Gasteiger partial charge in [0.25, 0.3) is 0 Å². The van der Waals surface area contributed by atoms with Gasteiger partial charge in [0.2, 0.25) is 0 Å². The maximum Gasteiger partial charge on any atom is 0.0685 e. The van der Waals surface area contributed by atoms with E-state index in [4.69, 9.17) is 0 Å². The van der Waals surface area contributed by atoms with Crippen LogP contribution in [0.4, 0.5) is 0 Å². The van der Waals surface area contributed by atoms with Crippen LogP contribution in [0.3, 0.4) is 0 Å². The zero-order chi connectivity index (χ0) is 21.5. The van der Waals surface area contributed by atoms with E-state index in [0.717, 1.165) is 43.2 Å². The van der Waals surface area contributed by atoms with Gasteiger partial charge >= 0.3 is 0 Å². The van der Waals surface area contributed by atoms with Crippen LogP contribution in [0, 0.1) is 6.92 Å². The van der Waals surface area contributed by atoms with E-state index in [1.807, 2.05) is 36.5 Å². The number of hydrogen-bond donors (Lipinski definition) is 3. The molecule has 2 aromatic carbocycles. The minimum absolute atomic E-state index is 0.0399. The van der Waals surface area contributed by atoms with Crippen molar-refractivity contribution >= 4 is 11.3 Å². The van der Waals surface area contributed by atoms with Crippen molar-refractivity contribution < 1.29 is 15.3 Å². The first-order valence-electron chi connectivity index (χ1n) is 10.7. The standard InChI is InChI=1S/C26H32O3S/c1-3-23(29)9-5-19-7-12-25(18(2)14-19)26-13-11-24(30-26)10-6-20-4-8-21(16-27)22(15-20)17-28/h4,7-8,11-15,23,27-29H,3,5-6,9-10,16-17H2,1-2H3. The van der Waals surface area contributed by atoms with Crippen molar-refractivity contribution in [1.29, 1.82) is 0 Å². The molecule has 30 heavy (non-hydrogen) atoms. The van der Waals surface area contributed by atoms with Crippen molar-refractivity contribution in [2.75, 3.05) is 0 Å². The van der Waals surface area contributed by atoms with Crippen LogP contribution in [-0.2, 0) is 32.5 Å². The molecule has 3 aromatic rings. The molecule has 0 aliphatic heterocycles. The Morgan fingerprint density at radius 2 is 1.57 bits per heavy atom. The van der Waals surface area contributed by atoms with E-state index in [0.29, 0.717) is 0 Å². The number of aliphatic hydroxyl groups excluding tert-OH is 3. The van der Waals surface area contributed by atoms with Gasteiger partial charge in [-0.1, -0.05) is 43.3 Å². The van der Waals surface area contributed by atoms with E-state index < -0.39 is 0 Å². The topological polar surface area (TPSA) is 60.7 Å². The summed E-state index contributed by atoms with van der Waals surface area (Å²) in [5.74, 6) is 0. The van der Waals surface area contributed by atoms with Crippen molar-refractivity contribution in [1.82, 2.24) is 0 Å². The SMILES string of the molecule is CCC(O)CCc1ccc(-c2ccc(CCc3ccc(CO)c(CO)c3)s2)c(C)c1. The number of aryl methyl sites for hydroxylation is 4. The highest BCUT2D eigenvalue weighted by Gasteiger charge is 2.09. The average Bonchev–Trinajstić information content (AvgIpc) is 3.24. The lowest BCUT2D eigenvalue weighted by atomic mass is 9.99. The molecular formula is C26H32O3S. The van der Waals surface area contributed by atoms with Crippen LogP contribution in [-0.4, -0.2) is 21.4 Å². The molecule has 1 heterocycles. The fourth-order valence-electron chi connectivity index (χ4n) is 3.76.